The second-order valence-electron chi connectivity index (χ2n) is 2.52. The van der Waals surface area contributed by atoms with Gasteiger partial charge in [-0.1, -0.05) is 26.5 Å². The molecule has 0 aromatic heterocycles. The van der Waals surface area contributed by atoms with Crippen LogP contribution in [0.2, 0.25) is 13.1 Å². The summed E-state index contributed by atoms with van der Waals surface area (Å²) in [5.74, 6) is 0. The Morgan fingerprint density at radius 1 is 1.20 bits per heavy atom. The van der Waals surface area contributed by atoms with Crippen LogP contribution in [0.1, 0.15) is 26.2 Å². The fraction of sp³-hybridized carbons (Fsp3) is 1.00. The molecule has 1 radical (unpaired) electrons. The summed E-state index contributed by atoms with van der Waals surface area (Å²) in [4.78, 5) is 0. The van der Waals surface area contributed by atoms with Crippen molar-refractivity contribution in [3.8, 4) is 0 Å². The minimum absolute atomic E-state index is 0.935. The average molecular weight is 141 g/mol. The summed E-state index contributed by atoms with van der Waals surface area (Å²) in [5.41, 5.74) is 0. The quantitative estimate of drug-likeness (QED) is 0.390. The molecule has 0 bridgehead atoms. The van der Waals surface area contributed by atoms with Gasteiger partial charge < -0.3 is 4.74 Å². The van der Waals surface area contributed by atoms with Crippen LogP contribution < -0.4 is 0 Å². The molecule has 0 heterocycles. The number of unbranched alkanes of at least 4 members (excludes halogenated alkanes) is 1. The minimum atomic E-state index is 0.935. The lowest BCUT2D eigenvalue weighted by atomic mass is 9.77. The summed E-state index contributed by atoms with van der Waals surface area (Å²) in [5, 5.41) is 0. The van der Waals surface area contributed by atoms with Crippen molar-refractivity contribution in [3.63, 3.8) is 0 Å². The van der Waals surface area contributed by atoms with E-state index in [-0.39, 0.29) is 0 Å². The van der Waals surface area contributed by atoms with Gasteiger partial charge in [-0.05, 0) is 12.8 Å². The van der Waals surface area contributed by atoms with Gasteiger partial charge in [-0.2, -0.15) is 0 Å². The van der Waals surface area contributed by atoms with Gasteiger partial charge in [-0.3, -0.25) is 0 Å². The van der Waals surface area contributed by atoms with E-state index in [9.17, 15) is 0 Å². The van der Waals surface area contributed by atoms with Crippen molar-refractivity contribution in [1.82, 2.24) is 0 Å². The lowest BCUT2D eigenvalue weighted by Crippen LogP contribution is -1.97. The second-order valence-corrected chi connectivity index (χ2v) is 2.52. The number of rotatable bonds is 7. The second kappa shape index (κ2) is 9.02. The van der Waals surface area contributed by atoms with Crippen molar-refractivity contribution in [2.75, 3.05) is 13.2 Å². The first-order valence-corrected chi connectivity index (χ1v) is 4.27. The van der Waals surface area contributed by atoms with Gasteiger partial charge in [0.05, 0.1) is 0 Å². The standard InChI is InChI=1S/C8H18BO/c1-3-4-7-10-8-5-6-9-2/h3-8H2,1-2H3. The summed E-state index contributed by atoms with van der Waals surface area (Å²) in [6, 6.07) is 0. The van der Waals surface area contributed by atoms with Crippen molar-refractivity contribution in [2.45, 2.75) is 39.3 Å². The van der Waals surface area contributed by atoms with Gasteiger partial charge in [0.1, 0.15) is 7.28 Å². The lowest BCUT2D eigenvalue weighted by Gasteiger charge is -2.00. The summed E-state index contributed by atoms with van der Waals surface area (Å²) in [7, 11) is 2.18. The zero-order valence-corrected chi connectivity index (χ0v) is 7.23. The smallest absolute Gasteiger partial charge is 0.105 e. The maximum Gasteiger partial charge on any atom is 0.105 e. The summed E-state index contributed by atoms with van der Waals surface area (Å²) in [6.45, 7) is 6.15. The van der Waals surface area contributed by atoms with E-state index in [1.165, 1.54) is 25.6 Å². The maximum atomic E-state index is 5.36. The molecule has 0 saturated heterocycles. The fourth-order valence-corrected chi connectivity index (χ4v) is 0.738. The highest BCUT2D eigenvalue weighted by atomic mass is 16.5. The van der Waals surface area contributed by atoms with Crippen molar-refractivity contribution in [3.05, 3.63) is 0 Å². The van der Waals surface area contributed by atoms with Crippen LogP contribution in [0.15, 0.2) is 0 Å². The van der Waals surface area contributed by atoms with Gasteiger partial charge in [0.25, 0.3) is 0 Å². The molecular formula is C8H18BO. The van der Waals surface area contributed by atoms with Gasteiger partial charge in [0.15, 0.2) is 0 Å². The van der Waals surface area contributed by atoms with E-state index in [2.05, 4.69) is 21.0 Å². The Morgan fingerprint density at radius 2 is 1.90 bits per heavy atom. The fourth-order valence-electron chi connectivity index (χ4n) is 0.738. The van der Waals surface area contributed by atoms with Crippen LogP contribution >= 0.6 is 0 Å². The molecule has 0 fully saturated rings. The van der Waals surface area contributed by atoms with E-state index in [4.69, 9.17) is 4.74 Å². The molecule has 0 aliphatic carbocycles. The first-order chi connectivity index (χ1) is 4.91. The molecule has 59 valence electrons. The first-order valence-electron chi connectivity index (χ1n) is 4.27. The van der Waals surface area contributed by atoms with Gasteiger partial charge in [-0.15, -0.1) is 0 Å². The molecule has 10 heavy (non-hydrogen) atoms. The molecule has 0 aliphatic rings. The van der Waals surface area contributed by atoms with E-state index in [0.29, 0.717) is 0 Å². The maximum absolute atomic E-state index is 5.36. The Hall–Kier alpha value is 0.0249. The molecular weight excluding hydrogens is 123 g/mol. The third-order valence-electron chi connectivity index (χ3n) is 1.42. The highest BCUT2D eigenvalue weighted by molar-refractivity contribution is 6.33. The van der Waals surface area contributed by atoms with Crippen LogP contribution in [-0.2, 0) is 4.74 Å². The highest BCUT2D eigenvalue weighted by Crippen LogP contribution is 1.92. The van der Waals surface area contributed by atoms with Crippen LogP contribution in [0.5, 0.6) is 0 Å². The molecule has 0 aromatic rings. The molecule has 0 amide bonds. The third kappa shape index (κ3) is 8.02. The minimum Gasteiger partial charge on any atom is -0.381 e. The Balaban J connectivity index is 2.65. The van der Waals surface area contributed by atoms with Crippen molar-refractivity contribution in [1.29, 1.82) is 0 Å². The highest BCUT2D eigenvalue weighted by Gasteiger charge is 1.87. The summed E-state index contributed by atoms with van der Waals surface area (Å²) in [6.07, 6.45) is 4.81. The molecule has 0 saturated carbocycles. The Labute approximate surface area is 65.4 Å². The van der Waals surface area contributed by atoms with E-state index in [1.807, 2.05) is 0 Å². The number of hydrogen-bond acceptors (Lipinski definition) is 1. The lowest BCUT2D eigenvalue weighted by molar-refractivity contribution is 0.132. The largest absolute Gasteiger partial charge is 0.381 e. The van der Waals surface area contributed by atoms with E-state index >= 15 is 0 Å². The predicted molar refractivity (Wildman–Crippen MR) is 46.8 cm³/mol. The molecule has 0 aromatic carbocycles. The third-order valence-corrected chi connectivity index (χ3v) is 1.42. The molecule has 1 nitrogen and oxygen atoms in total. The van der Waals surface area contributed by atoms with Crippen LogP contribution in [-0.4, -0.2) is 20.5 Å². The molecule has 0 aliphatic heterocycles. The van der Waals surface area contributed by atoms with Gasteiger partial charge in [-0.25, -0.2) is 0 Å². The molecule has 0 rings (SSSR count). The van der Waals surface area contributed by atoms with Gasteiger partial charge >= 0.3 is 0 Å². The number of hydrogen-bond donors (Lipinski definition) is 0. The Morgan fingerprint density at radius 3 is 2.50 bits per heavy atom. The molecule has 2 heteroatoms. The monoisotopic (exact) mass is 141 g/mol. The van der Waals surface area contributed by atoms with E-state index < -0.39 is 0 Å². The zero-order valence-electron chi connectivity index (χ0n) is 7.23. The first kappa shape index (κ1) is 10.0. The SMILES string of the molecule is C[B]CCCOCCCC. The Kier molecular flexibility index (Phi) is 9.05. The molecule has 0 spiro atoms. The Bertz CT molecular complexity index is 49.2. The van der Waals surface area contributed by atoms with E-state index in [1.54, 1.807) is 0 Å². The van der Waals surface area contributed by atoms with Crippen molar-refractivity contribution < 1.29 is 4.74 Å². The zero-order chi connectivity index (χ0) is 7.66. The molecule has 0 atom stereocenters. The average Bonchev–Trinajstić information content (AvgIpc) is 1.97. The van der Waals surface area contributed by atoms with Crippen LogP contribution in [0.4, 0.5) is 0 Å². The van der Waals surface area contributed by atoms with E-state index in [0.717, 1.165) is 13.2 Å². The van der Waals surface area contributed by atoms with Crippen LogP contribution in [0, 0.1) is 0 Å². The molecule has 0 unspecified atom stereocenters. The van der Waals surface area contributed by atoms with Crippen LogP contribution in [0.25, 0.3) is 0 Å². The van der Waals surface area contributed by atoms with Gasteiger partial charge in [0, 0.05) is 13.2 Å². The number of ether oxygens (including phenoxy) is 1. The summed E-state index contributed by atoms with van der Waals surface area (Å²) >= 11 is 0. The van der Waals surface area contributed by atoms with Gasteiger partial charge in [0.2, 0.25) is 0 Å². The predicted octanol–water partition coefficient (Wildman–Crippen LogP) is 2.36. The normalized spacial score (nSPS) is 9.80. The van der Waals surface area contributed by atoms with Crippen LogP contribution in [0.3, 0.4) is 0 Å². The van der Waals surface area contributed by atoms with Crippen molar-refractivity contribution >= 4 is 7.28 Å². The van der Waals surface area contributed by atoms with Crippen molar-refractivity contribution in [2.24, 2.45) is 0 Å². The topological polar surface area (TPSA) is 9.23 Å². The summed E-state index contributed by atoms with van der Waals surface area (Å²) < 4.78 is 5.36. The molecule has 0 N–H and O–H groups in total.